The highest BCUT2D eigenvalue weighted by Crippen LogP contribution is 2.27. The van der Waals surface area contributed by atoms with Crippen LogP contribution in [-0.2, 0) is 9.53 Å². The Kier molecular flexibility index (Phi) is 6.42. The van der Waals surface area contributed by atoms with E-state index in [0.717, 1.165) is 18.5 Å². The zero-order valence-electron chi connectivity index (χ0n) is 14.9. The van der Waals surface area contributed by atoms with Crippen LogP contribution in [0.25, 0.3) is 0 Å². The molecule has 2 aliphatic heterocycles. The van der Waals surface area contributed by atoms with Crippen molar-refractivity contribution >= 4 is 11.6 Å². The molecule has 2 fully saturated rings. The third-order valence-corrected chi connectivity index (χ3v) is 5.33. The van der Waals surface area contributed by atoms with Gasteiger partial charge in [-0.05, 0) is 43.7 Å². The summed E-state index contributed by atoms with van der Waals surface area (Å²) in [6.45, 7) is 3.18. The van der Waals surface area contributed by atoms with E-state index in [0.29, 0.717) is 57.3 Å². The molecule has 0 spiro atoms. The Balaban J connectivity index is 1.66. The third-order valence-electron chi connectivity index (χ3n) is 5.33. The molecular weight excluding hydrogens is 332 g/mol. The smallest absolute Gasteiger partial charge is 0.227 e. The second-order valence-corrected chi connectivity index (χ2v) is 7.04. The first kappa shape index (κ1) is 18.6. The van der Waals surface area contributed by atoms with E-state index in [-0.39, 0.29) is 17.9 Å². The van der Waals surface area contributed by atoms with Crippen molar-refractivity contribution in [2.24, 2.45) is 11.8 Å². The zero-order chi connectivity index (χ0) is 18.4. The molecular formula is C19H26N4O3. The number of nitriles is 1. The van der Waals surface area contributed by atoms with Crippen LogP contribution >= 0.6 is 0 Å². The van der Waals surface area contributed by atoms with E-state index in [2.05, 4.69) is 10.3 Å². The fourth-order valence-electron chi connectivity index (χ4n) is 3.69. The van der Waals surface area contributed by atoms with Gasteiger partial charge >= 0.3 is 0 Å². The number of anilines is 1. The SMILES string of the molecule is N#Cc1ccc(NCC(C(=O)N2CCC(O)CC2)C2CCOCC2)cn1. The number of aromatic nitrogens is 1. The molecule has 2 N–H and O–H groups in total. The lowest BCUT2D eigenvalue weighted by Crippen LogP contribution is -2.47. The summed E-state index contributed by atoms with van der Waals surface area (Å²) in [6.07, 6.45) is 4.42. The first-order chi connectivity index (χ1) is 12.7. The first-order valence-corrected chi connectivity index (χ1v) is 9.32. The molecule has 3 heterocycles. The summed E-state index contributed by atoms with van der Waals surface area (Å²) in [5.41, 5.74) is 1.18. The number of likely N-dealkylation sites (tertiary alicyclic amines) is 1. The molecule has 26 heavy (non-hydrogen) atoms. The van der Waals surface area contributed by atoms with Crippen molar-refractivity contribution in [1.82, 2.24) is 9.88 Å². The van der Waals surface area contributed by atoms with Gasteiger partial charge in [0.25, 0.3) is 0 Å². The molecule has 7 heteroatoms. The van der Waals surface area contributed by atoms with Crippen molar-refractivity contribution in [1.29, 1.82) is 5.26 Å². The van der Waals surface area contributed by atoms with Crippen molar-refractivity contribution in [2.45, 2.75) is 31.8 Å². The minimum atomic E-state index is -0.288. The van der Waals surface area contributed by atoms with Crippen LogP contribution in [0.3, 0.4) is 0 Å². The average molecular weight is 358 g/mol. The summed E-state index contributed by atoms with van der Waals surface area (Å²) in [7, 11) is 0. The maximum Gasteiger partial charge on any atom is 0.227 e. The van der Waals surface area contributed by atoms with Crippen LogP contribution in [0.5, 0.6) is 0 Å². The number of amides is 1. The van der Waals surface area contributed by atoms with Gasteiger partial charge in [0.05, 0.1) is 23.9 Å². The number of hydrogen-bond acceptors (Lipinski definition) is 6. The molecule has 2 saturated heterocycles. The van der Waals surface area contributed by atoms with Crippen LogP contribution in [0.1, 0.15) is 31.4 Å². The third kappa shape index (κ3) is 4.71. The van der Waals surface area contributed by atoms with Gasteiger partial charge in [-0.15, -0.1) is 0 Å². The molecule has 3 rings (SSSR count). The second-order valence-electron chi connectivity index (χ2n) is 7.04. The lowest BCUT2D eigenvalue weighted by atomic mass is 9.84. The molecule has 0 saturated carbocycles. The monoisotopic (exact) mass is 358 g/mol. The predicted octanol–water partition coefficient (Wildman–Crippen LogP) is 1.39. The van der Waals surface area contributed by atoms with E-state index in [4.69, 9.17) is 10.00 Å². The molecule has 1 aromatic rings. The minimum Gasteiger partial charge on any atom is -0.393 e. The zero-order valence-corrected chi connectivity index (χ0v) is 14.9. The number of ether oxygens (including phenoxy) is 1. The normalized spacial score (nSPS) is 20.4. The van der Waals surface area contributed by atoms with Crippen molar-refractivity contribution < 1.29 is 14.6 Å². The highest BCUT2D eigenvalue weighted by molar-refractivity contribution is 5.80. The van der Waals surface area contributed by atoms with E-state index >= 15 is 0 Å². The van der Waals surface area contributed by atoms with Crippen molar-refractivity contribution in [3.8, 4) is 6.07 Å². The van der Waals surface area contributed by atoms with Gasteiger partial charge in [0, 0.05) is 32.8 Å². The molecule has 1 unspecified atom stereocenters. The van der Waals surface area contributed by atoms with Gasteiger partial charge in [-0.3, -0.25) is 4.79 Å². The highest BCUT2D eigenvalue weighted by Gasteiger charge is 2.34. The van der Waals surface area contributed by atoms with Crippen LogP contribution in [-0.4, -0.2) is 59.8 Å². The molecule has 0 aromatic carbocycles. The molecule has 0 aliphatic carbocycles. The van der Waals surface area contributed by atoms with Gasteiger partial charge < -0.3 is 20.1 Å². The Bertz CT molecular complexity index is 629. The molecule has 0 radical (unpaired) electrons. The fraction of sp³-hybridized carbons (Fsp3) is 0.632. The summed E-state index contributed by atoms with van der Waals surface area (Å²) in [6, 6.07) is 5.48. The van der Waals surface area contributed by atoms with Gasteiger partial charge in [0.1, 0.15) is 11.8 Å². The number of carbonyl (C=O) groups excluding carboxylic acids is 1. The summed E-state index contributed by atoms with van der Waals surface area (Å²) in [5.74, 6) is 0.338. The number of nitrogens with one attached hydrogen (secondary N) is 1. The second kappa shape index (κ2) is 8.97. The number of aliphatic hydroxyl groups is 1. The quantitative estimate of drug-likeness (QED) is 0.825. The number of nitrogens with zero attached hydrogens (tertiary/aromatic N) is 3. The number of carbonyl (C=O) groups is 1. The number of aliphatic hydroxyl groups excluding tert-OH is 1. The van der Waals surface area contributed by atoms with E-state index in [1.165, 1.54) is 0 Å². The average Bonchev–Trinajstić information content (AvgIpc) is 2.70. The standard InChI is InChI=1S/C19H26N4O3/c20-11-15-1-2-16(12-21-15)22-13-18(14-5-9-26-10-6-14)19(25)23-7-3-17(24)4-8-23/h1-2,12,14,17-18,22,24H,3-10,13H2. The molecule has 1 amide bonds. The van der Waals surface area contributed by atoms with Crippen LogP contribution in [0.2, 0.25) is 0 Å². The minimum absolute atomic E-state index is 0.121. The number of hydrogen-bond donors (Lipinski definition) is 2. The topological polar surface area (TPSA) is 98.5 Å². The molecule has 0 bridgehead atoms. The van der Waals surface area contributed by atoms with E-state index in [9.17, 15) is 9.90 Å². The van der Waals surface area contributed by atoms with Crippen LogP contribution in [0.15, 0.2) is 18.3 Å². The lowest BCUT2D eigenvalue weighted by molar-refractivity contribution is -0.140. The van der Waals surface area contributed by atoms with Crippen LogP contribution < -0.4 is 5.32 Å². The first-order valence-electron chi connectivity index (χ1n) is 9.32. The van der Waals surface area contributed by atoms with E-state index in [1.807, 2.05) is 17.0 Å². The van der Waals surface area contributed by atoms with Crippen LogP contribution in [0.4, 0.5) is 5.69 Å². The largest absolute Gasteiger partial charge is 0.393 e. The molecule has 7 nitrogen and oxygen atoms in total. The lowest BCUT2D eigenvalue weighted by Gasteiger charge is -2.36. The summed E-state index contributed by atoms with van der Waals surface area (Å²) >= 11 is 0. The Labute approximate surface area is 154 Å². The molecule has 1 atom stereocenters. The maximum atomic E-state index is 13.1. The van der Waals surface area contributed by atoms with E-state index in [1.54, 1.807) is 12.3 Å². The Morgan fingerprint density at radius 3 is 2.69 bits per heavy atom. The van der Waals surface area contributed by atoms with Gasteiger partial charge in [-0.1, -0.05) is 0 Å². The van der Waals surface area contributed by atoms with Crippen molar-refractivity contribution in [3.63, 3.8) is 0 Å². The molecule has 140 valence electrons. The number of piperidine rings is 1. The molecule has 2 aliphatic rings. The van der Waals surface area contributed by atoms with Crippen LogP contribution in [0, 0.1) is 23.2 Å². The van der Waals surface area contributed by atoms with Gasteiger partial charge in [0.2, 0.25) is 5.91 Å². The Morgan fingerprint density at radius 2 is 2.08 bits per heavy atom. The fourth-order valence-corrected chi connectivity index (χ4v) is 3.69. The Hall–Kier alpha value is -2.17. The highest BCUT2D eigenvalue weighted by atomic mass is 16.5. The van der Waals surface area contributed by atoms with E-state index < -0.39 is 0 Å². The number of rotatable bonds is 5. The van der Waals surface area contributed by atoms with Crippen molar-refractivity contribution in [3.05, 3.63) is 24.0 Å². The summed E-state index contributed by atoms with van der Waals surface area (Å²) < 4.78 is 5.46. The number of pyridine rings is 1. The van der Waals surface area contributed by atoms with Gasteiger partial charge in [0.15, 0.2) is 0 Å². The van der Waals surface area contributed by atoms with Gasteiger partial charge in [-0.2, -0.15) is 5.26 Å². The van der Waals surface area contributed by atoms with Gasteiger partial charge in [-0.25, -0.2) is 4.98 Å². The molecule has 1 aromatic heterocycles. The summed E-state index contributed by atoms with van der Waals surface area (Å²) in [5, 5.41) is 21.8. The Morgan fingerprint density at radius 1 is 1.35 bits per heavy atom. The maximum absolute atomic E-state index is 13.1. The summed E-state index contributed by atoms with van der Waals surface area (Å²) in [4.78, 5) is 19.1. The van der Waals surface area contributed by atoms with Crippen molar-refractivity contribution in [2.75, 3.05) is 38.2 Å². The predicted molar refractivity (Wildman–Crippen MR) is 96.3 cm³/mol.